The number of methoxy groups -OCH3 is 1. The van der Waals surface area contributed by atoms with E-state index in [0.29, 0.717) is 22.8 Å². The van der Waals surface area contributed by atoms with Gasteiger partial charge in [0.25, 0.3) is 0 Å². The van der Waals surface area contributed by atoms with Crippen LogP contribution in [-0.2, 0) is 11.0 Å². The number of nitrogens with two attached hydrogens (primary N) is 1. The molecule has 27 heavy (non-hydrogen) atoms. The second kappa shape index (κ2) is 7.37. The molecule has 0 aromatic heterocycles. The highest BCUT2D eigenvalue weighted by Gasteiger charge is 2.35. The lowest BCUT2D eigenvalue weighted by atomic mass is 9.89. The molecular formula is C21H26N2O3S. The van der Waals surface area contributed by atoms with Crippen molar-refractivity contribution in [3.8, 4) is 11.5 Å². The van der Waals surface area contributed by atoms with Crippen molar-refractivity contribution < 1.29 is 13.7 Å². The van der Waals surface area contributed by atoms with Crippen LogP contribution in [-0.4, -0.2) is 16.9 Å². The monoisotopic (exact) mass is 386 g/mol. The molecule has 144 valence electrons. The van der Waals surface area contributed by atoms with Crippen LogP contribution in [0.5, 0.6) is 11.5 Å². The van der Waals surface area contributed by atoms with E-state index in [1.54, 1.807) is 25.3 Å². The number of hydrogen-bond acceptors (Lipinski definition) is 4. The Kier molecular flexibility index (Phi) is 5.31. The predicted octanol–water partition coefficient (Wildman–Crippen LogP) is 4.23. The first kappa shape index (κ1) is 19.5. The fraction of sp³-hybridized carbons (Fsp3) is 0.333. The van der Waals surface area contributed by atoms with E-state index in [2.05, 4.69) is 17.4 Å². The Morgan fingerprint density at radius 2 is 2.07 bits per heavy atom. The topological polar surface area (TPSA) is 73.6 Å². The molecule has 0 fully saturated rings. The van der Waals surface area contributed by atoms with Gasteiger partial charge in [-0.3, -0.25) is 0 Å². The summed E-state index contributed by atoms with van der Waals surface area (Å²) in [5, 5.41) is 0. The first-order chi connectivity index (χ1) is 12.7. The second-order valence-electron chi connectivity index (χ2n) is 7.44. The fourth-order valence-electron chi connectivity index (χ4n) is 3.24. The molecule has 6 heteroatoms. The lowest BCUT2D eigenvalue weighted by molar-refractivity contribution is 0.0704. The standard InChI is InChI=1S/C21H26N2O3S/c1-13(2)14-6-8-19-16(10-14)18(12-21(3,4)26-19)23-27(24)20-9-7-15(25-5)11-17(20)22/h6-11,18,23H,1,12,22H2,2-5H3. The van der Waals surface area contributed by atoms with Gasteiger partial charge in [0.15, 0.2) is 0 Å². The number of nitrogens with one attached hydrogen (secondary N) is 1. The van der Waals surface area contributed by atoms with Crippen LogP contribution < -0.4 is 19.9 Å². The lowest BCUT2D eigenvalue weighted by Crippen LogP contribution is -2.40. The van der Waals surface area contributed by atoms with E-state index in [9.17, 15) is 4.21 Å². The van der Waals surface area contributed by atoms with Gasteiger partial charge < -0.3 is 15.2 Å². The van der Waals surface area contributed by atoms with Gasteiger partial charge in [0, 0.05) is 18.1 Å². The summed E-state index contributed by atoms with van der Waals surface area (Å²) in [5.74, 6) is 1.44. The Morgan fingerprint density at radius 3 is 2.70 bits per heavy atom. The zero-order valence-electron chi connectivity index (χ0n) is 16.2. The van der Waals surface area contributed by atoms with Gasteiger partial charge in [0.1, 0.15) is 28.1 Å². The minimum atomic E-state index is -1.47. The van der Waals surface area contributed by atoms with E-state index < -0.39 is 11.0 Å². The van der Waals surface area contributed by atoms with Crippen LogP contribution in [0.25, 0.3) is 5.57 Å². The molecule has 0 spiro atoms. The minimum absolute atomic E-state index is 0.134. The van der Waals surface area contributed by atoms with E-state index in [1.165, 1.54) is 0 Å². The van der Waals surface area contributed by atoms with Gasteiger partial charge in [-0.15, -0.1) is 0 Å². The van der Waals surface area contributed by atoms with Gasteiger partial charge in [0.2, 0.25) is 0 Å². The molecule has 0 saturated heterocycles. The molecule has 1 aliphatic rings. The normalized spacial score (nSPS) is 18.9. The van der Waals surface area contributed by atoms with Crippen molar-refractivity contribution in [3.63, 3.8) is 0 Å². The largest absolute Gasteiger partial charge is 0.497 e. The van der Waals surface area contributed by atoms with Crippen LogP contribution in [0.2, 0.25) is 0 Å². The number of allylic oxidation sites excluding steroid dienone is 1. The van der Waals surface area contributed by atoms with Crippen molar-refractivity contribution in [2.45, 2.75) is 43.7 Å². The molecule has 0 amide bonds. The van der Waals surface area contributed by atoms with Gasteiger partial charge in [-0.05, 0) is 50.6 Å². The van der Waals surface area contributed by atoms with Crippen LogP contribution >= 0.6 is 0 Å². The third kappa shape index (κ3) is 4.17. The summed E-state index contributed by atoms with van der Waals surface area (Å²) in [4.78, 5) is 0.540. The molecule has 0 saturated carbocycles. The molecule has 1 aliphatic heterocycles. The van der Waals surface area contributed by atoms with Crippen LogP contribution in [0.15, 0.2) is 47.9 Å². The van der Waals surface area contributed by atoms with Crippen LogP contribution in [0.3, 0.4) is 0 Å². The Hall–Kier alpha value is -2.31. The second-order valence-corrected chi connectivity index (χ2v) is 8.65. The zero-order chi connectivity index (χ0) is 19.8. The average Bonchev–Trinajstić information content (AvgIpc) is 2.60. The summed E-state index contributed by atoms with van der Waals surface area (Å²) in [6, 6.07) is 11.0. The third-order valence-electron chi connectivity index (χ3n) is 4.63. The number of ether oxygens (including phenoxy) is 2. The number of anilines is 1. The van der Waals surface area contributed by atoms with E-state index >= 15 is 0 Å². The average molecular weight is 387 g/mol. The van der Waals surface area contributed by atoms with E-state index in [-0.39, 0.29) is 11.6 Å². The molecule has 2 aromatic rings. The molecule has 5 nitrogen and oxygen atoms in total. The number of nitrogen functional groups attached to an aromatic ring is 1. The minimum Gasteiger partial charge on any atom is -0.497 e. The molecule has 2 aromatic carbocycles. The summed E-state index contributed by atoms with van der Waals surface area (Å²) in [5.41, 5.74) is 9.12. The molecule has 2 unspecified atom stereocenters. The first-order valence-corrected chi connectivity index (χ1v) is 9.95. The van der Waals surface area contributed by atoms with Gasteiger partial charge in [0.05, 0.1) is 23.7 Å². The quantitative estimate of drug-likeness (QED) is 0.755. The third-order valence-corrected chi connectivity index (χ3v) is 5.90. The lowest BCUT2D eigenvalue weighted by Gasteiger charge is -2.38. The van der Waals surface area contributed by atoms with Crippen molar-refractivity contribution in [2.24, 2.45) is 0 Å². The first-order valence-electron chi connectivity index (χ1n) is 8.80. The molecule has 3 rings (SSSR count). The van der Waals surface area contributed by atoms with E-state index in [4.69, 9.17) is 15.2 Å². The molecule has 3 N–H and O–H groups in total. The smallest absolute Gasteiger partial charge is 0.127 e. The maximum absolute atomic E-state index is 13.0. The maximum atomic E-state index is 13.0. The number of benzene rings is 2. The summed E-state index contributed by atoms with van der Waals surface area (Å²) < 4.78 is 27.5. The van der Waals surface area contributed by atoms with Crippen molar-refractivity contribution in [1.29, 1.82) is 0 Å². The van der Waals surface area contributed by atoms with Crippen molar-refractivity contribution in [2.75, 3.05) is 12.8 Å². The SMILES string of the molecule is C=C(C)c1ccc2c(c1)C(NS(=O)c1ccc(OC)cc1N)CC(C)(C)O2. The maximum Gasteiger partial charge on any atom is 0.127 e. The van der Waals surface area contributed by atoms with E-state index in [0.717, 1.165) is 22.4 Å². The Labute approximate surface area is 163 Å². The van der Waals surface area contributed by atoms with Crippen LogP contribution in [0.4, 0.5) is 5.69 Å². The Balaban J connectivity index is 1.93. The Morgan fingerprint density at radius 1 is 1.33 bits per heavy atom. The molecule has 0 aliphatic carbocycles. The van der Waals surface area contributed by atoms with Crippen molar-refractivity contribution in [1.82, 2.24) is 4.72 Å². The summed E-state index contributed by atoms with van der Waals surface area (Å²) in [7, 11) is 0.104. The molecular weight excluding hydrogens is 360 g/mol. The molecule has 0 bridgehead atoms. The molecule has 0 radical (unpaired) electrons. The highest BCUT2D eigenvalue weighted by molar-refractivity contribution is 7.83. The zero-order valence-corrected chi connectivity index (χ0v) is 17.0. The highest BCUT2D eigenvalue weighted by Crippen LogP contribution is 2.41. The van der Waals surface area contributed by atoms with Crippen LogP contribution in [0, 0.1) is 0 Å². The molecule has 2 atom stereocenters. The van der Waals surface area contributed by atoms with Gasteiger partial charge >= 0.3 is 0 Å². The highest BCUT2D eigenvalue weighted by atomic mass is 32.2. The van der Waals surface area contributed by atoms with Crippen LogP contribution in [0.1, 0.15) is 44.4 Å². The van der Waals surface area contributed by atoms with Gasteiger partial charge in [-0.25, -0.2) is 8.93 Å². The van der Waals surface area contributed by atoms with E-state index in [1.807, 2.05) is 32.9 Å². The number of rotatable bonds is 5. The Bertz CT molecular complexity index is 908. The van der Waals surface area contributed by atoms with Gasteiger partial charge in [-0.1, -0.05) is 18.2 Å². The van der Waals surface area contributed by atoms with Crippen molar-refractivity contribution in [3.05, 3.63) is 54.1 Å². The number of fused-ring (bicyclic) bond motifs is 1. The fourth-order valence-corrected chi connectivity index (χ4v) is 4.30. The van der Waals surface area contributed by atoms with Crippen molar-refractivity contribution >= 4 is 22.2 Å². The summed E-state index contributed by atoms with van der Waals surface area (Å²) in [6.45, 7) is 10.0. The predicted molar refractivity (Wildman–Crippen MR) is 110 cm³/mol. The number of hydrogen-bond donors (Lipinski definition) is 2. The van der Waals surface area contributed by atoms with Gasteiger partial charge in [-0.2, -0.15) is 0 Å². The summed E-state index contributed by atoms with van der Waals surface area (Å²) >= 11 is 0. The molecule has 1 heterocycles. The summed E-state index contributed by atoms with van der Waals surface area (Å²) in [6.07, 6.45) is 0.682.